The van der Waals surface area contributed by atoms with Crippen molar-refractivity contribution in [3.05, 3.63) is 72.6 Å². The van der Waals surface area contributed by atoms with Gasteiger partial charge in [0.1, 0.15) is 29.5 Å². The SMILES string of the molecule is CNC(=O)c1cc(Oc2ccc(NC(=O)Nc3ccc(OCCN4CCNCC4)cc3)cc2)ccn1. The lowest BCUT2D eigenvalue weighted by Gasteiger charge is -2.26. The van der Waals surface area contributed by atoms with Gasteiger partial charge in [-0.25, -0.2) is 4.79 Å². The molecule has 1 saturated heterocycles. The van der Waals surface area contributed by atoms with Crippen molar-refractivity contribution in [1.29, 1.82) is 0 Å². The number of pyridine rings is 1. The van der Waals surface area contributed by atoms with E-state index in [2.05, 4.69) is 31.2 Å². The molecule has 0 radical (unpaired) electrons. The first-order valence-corrected chi connectivity index (χ1v) is 11.8. The lowest BCUT2D eigenvalue weighted by atomic mass is 10.3. The lowest BCUT2D eigenvalue weighted by molar-refractivity contribution is 0.0958. The number of carbonyl (C=O) groups is 2. The Bertz CT molecular complexity index is 1150. The molecule has 4 rings (SSSR count). The largest absolute Gasteiger partial charge is 0.492 e. The quantitative estimate of drug-likeness (QED) is 0.364. The number of piperazine rings is 1. The molecule has 0 atom stereocenters. The van der Waals surface area contributed by atoms with Gasteiger partial charge < -0.3 is 30.7 Å². The van der Waals surface area contributed by atoms with Crippen molar-refractivity contribution in [2.24, 2.45) is 0 Å². The highest BCUT2D eigenvalue weighted by atomic mass is 16.5. The van der Waals surface area contributed by atoms with Crippen LogP contribution in [0.25, 0.3) is 0 Å². The first kappa shape index (κ1) is 25.0. The zero-order chi connectivity index (χ0) is 25.2. The van der Waals surface area contributed by atoms with Crippen LogP contribution in [0.3, 0.4) is 0 Å². The normalized spacial score (nSPS) is 13.5. The van der Waals surface area contributed by atoms with E-state index in [1.165, 1.54) is 6.20 Å². The first-order chi connectivity index (χ1) is 17.6. The van der Waals surface area contributed by atoms with Crippen LogP contribution in [0.2, 0.25) is 0 Å². The molecule has 36 heavy (non-hydrogen) atoms. The minimum Gasteiger partial charge on any atom is -0.492 e. The molecule has 3 aromatic rings. The fourth-order valence-electron chi connectivity index (χ4n) is 3.62. The summed E-state index contributed by atoms with van der Waals surface area (Å²) in [5.74, 6) is 1.52. The summed E-state index contributed by atoms with van der Waals surface area (Å²) in [7, 11) is 1.54. The van der Waals surface area contributed by atoms with Gasteiger partial charge in [0.2, 0.25) is 0 Å². The van der Waals surface area contributed by atoms with Gasteiger partial charge in [0.15, 0.2) is 0 Å². The number of nitrogens with one attached hydrogen (secondary N) is 4. The molecule has 10 heteroatoms. The van der Waals surface area contributed by atoms with Gasteiger partial charge in [-0.2, -0.15) is 0 Å². The predicted molar refractivity (Wildman–Crippen MR) is 138 cm³/mol. The minimum absolute atomic E-state index is 0.264. The van der Waals surface area contributed by atoms with Crippen LogP contribution >= 0.6 is 0 Å². The summed E-state index contributed by atoms with van der Waals surface area (Å²) < 4.78 is 11.6. The van der Waals surface area contributed by atoms with Crippen LogP contribution in [0.1, 0.15) is 10.5 Å². The van der Waals surface area contributed by atoms with E-state index in [0.717, 1.165) is 38.5 Å². The van der Waals surface area contributed by atoms with Crippen molar-refractivity contribution in [1.82, 2.24) is 20.5 Å². The Kier molecular flexibility index (Phi) is 8.68. The van der Waals surface area contributed by atoms with Gasteiger partial charge >= 0.3 is 6.03 Å². The van der Waals surface area contributed by atoms with E-state index in [4.69, 9.17) is 9.47 Å². The number of aromatic nitrogens is 1. The van der Waals surface area contributed by atoms with E-state index in [1.807, 2.05) is 12.1 Å². The maximum atomic E-state index is 12.4. The zero-order valence-electron chi connectivity index (χ0n) is 20.1. The van der Waals surface area contributed by atoms with Gasteiger partial charge in [-0.05, 0) is 54.6 Å². The van der Waals surface area contributed by atoms with E-state index in [0.29, 0.717) is 29.5 Å². The molecule has 2 heterocycles. The van der Waals surface area contributed by atoms with Crippen LogP contribution in [0.15, 0.2) is 66.9 Å². The summed E-state index contributed by atoms with van der Waals surface area (Å²) >= 11 is 0. The molecule has 1 aliphatic heterocycles. The summed E-state index contributed by atoms with van der Waals surface area (Å²) in [6.07, 6.45) is 1.51. The number of hydrogen-bond donors (Lipinski definition) is 4. The second-order valence-electron chi connectivity index (χ2n) is 8.13. The molecule has 3 amide bonds. The summed E-state index contributed by atoms with van der Waals surface area (Å²) in [5, 5.41) is 11.5. The Morgan fingerprint density at radius 1 is 0.917 bits per heavy atom. The molecule has 188 valence electrons. The van der Waals surface area contributed by atoms with Gasteiger partial charge in [-0.15, -0.1) is 0 Å². The molecule has 1 aromatic heterocycles. The fourth-order valence-corrected chi connectivity index (χ4v) is 3.62. The highest BCUT2D eigenvalue weighted by Gasteiger charge is 2.10. The average molecular weight is 491 g/mol. The summed E-state index contributed by atoms with van der Waals surface area (Å²) in [6, 6.07) is 17.1. The zero-order valence-corrected chi connectivity index (χ0v) is 20.1. The molecule has 1 fully saturated rings. The topological polar surface area (TPSA) is 117 Å². The molecule has 1 aliphatic rings. The number of urea groups is 1. The summed E-state index contributed by atoms with van der Waals surface area (Å²) in [6.45, 7) is 5.65. The number of hydrogen-bond acceptors (Lipinski definition) is 7. The maximum Gasteiger partial charge on any atom is 0.323 e. The van der Waals surface area contributed by atoms with Crippen molar-refractivity contribution in [3.8, 4) is 17.2 Å². The third kappa shape index (κ3) is 7.42. The van der Waals surface area contributed by atoms with E-state index in [-0.39, 0.29) is 17.6 Å². The van der Waals surface area contributed by atoms with E-state index < -0.39 is 0 Å². The first-order valence-electron chi connectivity index (χ1n) is 11.8. The molecule has 0 saturated carbocycles. The molecule has 4 N–H and O–H groups in total. The number of nitrogens with zero attached hydrogens (tertiary/aromatic N) is 2. The standard InChI is InChI=1S/C26H30N6O4/c1-27-25(33)24-18-23(10-11-29-24)36-22-8-4-20(5-9-22)31-26(34)30-19-2-6-21(7-3-19)35-17-16-32-14-12-28-13-15-32/h2-11,18,28H,12-17H2,1H3,(H,27,33)(H2,30,31,34). The van der Waals surface area contributed by atoms with Crippen molar-refractivity contribution in [2.75, 3.05) is 57.0 Å². The molecule has 0 unspecified atom stereocenters. The van der Waals surface area contributed by atoms with Crippen LogP contribution in [0, 0.1) is 0 Å². The Balaban J connectivity index is 1.22. The molecule has 0 bridgehead atoms. The van der Waals surface area contributed by atoms with Gasteiger partial charge in [0.05, 0.1) is 0 Å². The third-order valence-corrected chi connectivity index (χ3v) is 5.54. The highest BCUT2D eigenvalue weighted by Crippen LogP contribution is 2.23. The number of ether oxygens (including phenoxy) is 2. The van der Waals surface area contributed by atoms with Crippen LogP contribution < -0.4 is 30.7 Å². The molecular weight excluding hydrogens is 460 g/mol. The fraction of sp³-hybridized carbons (Fsp3) is 0.269. The molecule has 10 nitrogen and oxygen atoms in total. The van der Waals surface area contributed by atoms with Crippen LogP contribution in [-0.4, -0.2) is 68.2 Å². The number of benzene rings is 2. The van der Waals surface area contributed by atoms with Gasteiger partial charge in [-0.1, -0.05) is 0 Å². The summed E-state index contributed by atoms with van der Waals surface area (Å²) in [4.78, 5) is 30.5. The lowest BCUT2D eigenvalue weighted by Crippen LogP contribution is -2.44. The van der Waals surface area contributed by atoms with Gasteiger partial charge in [-0.3, -0.25) is 14.7 Å². The van der Waals surface area contributed by atoms with E-state index in [1.54, 1.807) is 55.6 Å². The minimum atomic E-state index is -0.361. The Labute approximate surface area is 210 Å². The van der Waals surface area contributed by atoms with Crippen LogP contribution in [0.4, 0.5) is 16.2 Å². The average Bonchev–Trinajstić information content (AvgIpc) is 2.91. The number of anilines is 2. The van der Waals surface area contributed by atoms with Crippen molar-refractivity contribution >= 4 is 23.3 Å². The van der Waals surface area contributed by atoms with E-state index in [9.17, 15) is 9.59 Å². The molecule has 0 spiro atoms. The number of rotatable bonds is 9. The van der Waals surface area contributed by atoms with Crippen LogP contribution in [-0.2, 0) is 0 Å². The Morgan fingerprint density at radius 2 is 1.56 bits per heavy atom. The number of amides is 3. The van der Waals surface area contributed by atoms with E-state index >= 15 is 0 Å². The molecule has 2 aromatic carbocycles. The van der Waals surface area contributed by atoms with Crippen molar-refractivity contribution in [3.63, 3.8) is 0 Å². The highest BCUT2D eigenvalue weighted by molar-refractivity contribution is 5.99. The summed E-state index contributed by atoms with van der Waals surface area (Å²) in [5.41, 5.74) is 1.53. The second-order valence-corrected chi connectivity index (χ2v) is 8.13. The van der Waals surface area contributed by atoms with Crippen LogP contribution in [0.5, 0.6) is 17.2 Å². The van der Waals surface area contributed by atoms with Gasteiger partial charge in [0, 0.05) is 63.4 Å². The Morgan fingerprint density at radius 3 is 2.19 bits per heavy atom. The van der Waals surface area contributed by atoms with Crippen molar-refractivity contribution < 1.29 is 19.1 Å². The number of carbonyl (C=O) groups excluding carboxylic acids is 2. The van der Waals surface area contributed by atoms with Crippen molar-refractivity contribution in [2.45, 2.75) is 0 Å². The van der Waals surface area contributed by atoms with Gasteiger partial charge in [0.25, 0.3) is 5.91 Å². The monoisotopic (exact) mass is 490 g/mol. The molecular formula is C26H30N6O4. The predicted octanol–water partition coefficient (Wildman–Crippen LogP) is 3.16. The molecule has 0 aliphatic carbocycles. The Hall–Kier alpha value is -4.15. The third-order valence-electron chi connectivity index (χ3n) is 5.54. The second kappa shape index (κ2) is 12.5. The smallest absolute Gasteiger partial charge is 0.323 e. The maximum absolute atomic E-state index is 12.4.